The number of rotatable bonds is 32. The zero-order valence-corrected chi connectivity index (χ0v) is 81.8. The Morgan fingerprint density at radius 1 is 0.364 bits per heavy atom. The van der Waals surface area contributed by atoms with Crippen molar-refractivity contribution in [3.05, 3.63) is 234 Å². The molecule has 4 aliphatic rings. The first-order valence-electron chi connectivity index (χ1n) is 47.1. The lowest BCUT2D eigenvalue weighted by atomic mass is 10.0. The predicted molar refractivity (Wildman–Crippen MR) is 524 cm³/mol. The van der Waals surface area contributed by atoms with Gasteiger partial charge >= 0.3 is 0 Å². The van der Waals surface area contributed by atoms with Gasteiger partial charge in [-0.15, -0.1) is 0 Å². The van der Waals surface area contributed by atoms with Crippen LogP contribution in [0.15, 0.2) is 219 Å². The number of hydrogen-bond donors (Lipinski definition) is 0. The zero-order valence-electron chi connectivity index (χ0n) is 78.6. The topological polar surface area (TPSA) is 284 Å². The Bertz CT molecular complexity index is 6430. The average Bonchev–Trinajstić information content (AvgIpc) is 1.53. The van der Waals surface area contributed by atoms with Crippen molar-refractivity contribution >= 4 is 106 Å². The lowest BCUT2D eigenvalue weighted by Gasteiger charge is -2.31. The van der Waals surface area contributed by atoms with Crippen LogP contribution in [-0.4, -0.2) is 157 Å². The Hall–Kier alpha value is -10.3. The summed E-state index contributed by atoms with van der Waals surface area (Å²) in [5.41, 5.74) is 13.1. The zero-order chi connectivity index (χ0) is 93.4. The predicted octanol–water partition coefficient (Wildman–Crippen LogP) is 19.8. The number of nitrogens with zero attached hydrogens (tertiary/aromatic N) is 13. The van der Waals surface area contributed by atoms with E-state index in [1.54, 1.807) is 77.6 Å². The minimum atomic E-state index is -3.74. The van der Waals surface area contributed by atoms with E-state index in [-0.39, 0.29) is 22.6 Å². The van der Waals surface area contributed by atoms with Gasteiger partial charge in [0.2, 0.25) is 0 Å². The molecular weight excluding hydrogens is 1740 g/mol. The van der Waals surface area contributed by atoms with E-state index in [0.717, 1.165) is 197 Å². The van der Waals surface area contributed by atoms with Crippen LogP contribution in [0.1, 0.15) is 172 Å². The summed E-state index contributed by atoms with van der Waals surface area (Å²) in [4.78, 5) is 1.17. The summed E-state index contributed by atoms with van der Waals surface area (Å²) in [5.74, 6) is 3.42. The molecule has 0 N–H and O–H groups in total. The Morgan fingerprint density at radius 3 is 0.970 bits per heavy atom. The van der Waals surface area contributed by atoms with Gasteiger partial charge in [0, 0.05) is 126 Å². The number of aromatic nitrogens is 9. The molecule has 0 unspecified atom stereocenters. The molecule has 5 aromatic heterocycles. The summed E-state index contributed by atoms with van der Waals surface area (Å²) in [6, 6.07) is 52.6. The SMILES string of the molecule is CC(C)CN(c1ccc(C(C)C)cc1)S(=O)(=O)c1ccc2c(cnn2CC2CCOCC2)c1.CCCN(c1ccc(CC)cc1)S(=O)(=O)c1ccc2c(cnn2CC2CCOCC2)c1.CCc1ccc(N(CC(C)C)S(=O)(=O)c2ccc3c(cnn3Cc3c(C)noc3C)c2)cc1.CCc1ccc(N(CC2CCOCC2)S(=O)(=O)c2ccc3c(cnn3CC3CCOCC3)c2)cc1. The monoisotopic (exact) mass is 1870 g/mol. The highest BCUT2D eigenvalue weighted by atomic mass is 32.2. The number of sulfonamides is 4. The van der Waals surface area contributed by atoms with Crippen LogP contribution in [-0.2, 0) is 104 Å². The second-order valence-electron chi connectivity index (χ2n) is 36.5. The van der Waals surface area contributed by atoms with Gasteiger partial charge in [0.05, 0.1) is 101 Å². The van der Waals surface area contributed by atoms with E-state index in [9.17, 15) is 33.7 Å². The fourth-order valence-corrected chi connectivity index (χ4v) is 24.0. The van der Waals surface area contributed by atoms with Crippen LogP contribution in [0, 0.1) is 49.4 Å². The first kappa shape index (κ1) is 97.7. The third-order valence-corrected chi connectivity index (χ3v) is 32.8. The molecule has 30 heteroatoms. The normalized spacial score (nSPS) is 15.4. The molecule has 13 aromatic rings. The van der Waals surface area contributed by atoms with Gasteiger partial charge in [-0.25, -0.2) is 33.7 Å². The maximum Gasteiger partial charge on any atom is 0.264 e. The molecule has 132 heavy (non-hydrogen) atoms. The molecule has 0 aliphatic carbocycles. The quantitative estimate of drug-likeness (QED) is 0.0378. The Balaban J connectivity index is 0.000000142. The molecule has 0 bridgehead atoms. The van der Waals surface area contributed by atoms with Gasteiger partial charge in [-0.1, -0.05) is 123 Å². The molecule has 9 heterocycles. The van der Waals surface area contributed by atoms with Crippen LogP contribution in [0.25, 0.3) is 43.6 Å². The molecule has 4 fully saturated rings. The average molecular weight is 1880 g/mol. The molecule has 706 valence electrons. The molecule has 0 spiro atoms. The van der Waals surface area contributed by atoms with E-state index in [1.807, 2.05) is 189 Å². The highest BCUT2D eigenvalue weighted by Crippen LogP contribution is 2.37. The van der Waals surface area contributed by atoms with Gasteiger partial charge in [0.25, 0.3) is 40.1 Å². The van der Waals surface area contributed by atoms with Crippen molar-refractivity contribution in [2.24, 2.45) is 35.5 Å². The highest BCUT2D eigenvalue weighted by Gasteiger charge is 2.34. The summed E-state index contributed by atoms with van der Waals surface area (Å²) >= 11 is 0. The van der Waals surface area contributed by atoms with Gasteiger partial charge in [0.15, 0.2) is 0 Å². The summed E-state index contributed by atoms with van der Waals surface area (Å²) < 4.78 is 151. The third-order valence-electron chi connectivity index (χ3n) is 25.6. The summed E-state index contributed by atoms with van der Waals surface area (Å²) in [7, 11) is -14.9. The fraction of sp³-hybridized carbons (Fsp3) is 0.461. The maximum absolute atomic E-state index is 14.0. The molecule has 0 amide bonds. The van der Waals surface area contributed by atoms with Crippen molar-refractivity contribution in [3.63, 3.8) is 0 Å². The second kappa shape index (κ2) is 44.2. The number of ether oxygens (including phenoxy) is 4. The van der Waals surface area contributed by atoms with E-state index in [0.29, 0.717) is 107 Å². The number of anilines is 4. The first-order valence-corrected chi connectivity index (χ1v) is 52.8. The molecule has 4 aliphatic heterocycles. The van der Waals surface area contributed by atoms with Crippen molar-refractivity contribution in [2.45, 2.75) is 212 Å². The molecule has 17 rings (SSSR count). The Morgan fingerprint density at radius 2 is 0.659 bits per heavy atom. The smallest absolute Gasteiger partial charge is 0.264 e. The van der Waals surface area contributed by atoms with Gasteiger partial charge in [0.1, 0.15) is 5.76 Å². The largest absolute Gasteiger partial charge is 0.381 e. The van der Waals surface area contributed by atoms with E-state index in [4.69, 9.17) is 23.5 Å². The van der Waals surface area contributed by atoms with Crippen LogP contribution in [0.2, 0.25) is 0 Å². The molecule has 0 radical (unpaired) electrons. The number of fused-ring (bicyclic) bond motifs is 4. The van der Waals surface area contributed by atoms with Crippen molar-refractivity contribution in [2.75, 3.05) is 96.3 Å². The van der Waals surface area contributed by atoms with Crippen molar-refractivity contribution in [1.29, 1.82) is 0 Å². The molecule has 0 saturated carbocycles. The van der Waals surface area contributed by atoms with Crippen molar-refractivity contribution in [1.82, 2.24) is 44.3 Å². The number of aryl methyl sites for hydroxylation is 5. The summed E-state index contributed by atoms with van der Waals surface area (Å²) in [6.07, 6.45) is 18.5. The summed E-state index contributed by atoms with van der Waals surface area (Å²) in [6.45, 7) is 35.3. The van der Waals surface area contributed by atoms with E-state index >= 15 is 0 Å². The lowest BCUT2D eigenvalue weighted by Crippen LogP contribution is -2.37. The Labute approximate surface area is 780 Å². The molecule has 0 atom stereocenters. The van der Waals surface area contributed by atoms with Gasteiger partial charge in [-0.05, 0) is 276 Å². The summed E-state index contributed by atoms with van der Waals surface area (Å²) in [5, 5.41) is 25.5. The van der Waals surface area contributed by atoms with Crippen LogP contribution in [0.3, 0.4) is 0 Å². The van der Waals surface area contributed by atoms with Crippen LogP contribution in [0.4, 0.5) is 22.7 Å². The lowest BCUT2D eigenvalue weighted by molar-refractivity contribution is 0.0604. The second-order valence-corrected chi connectivity index (χ2v) is 43.9. The van der Waals surface area contributed by atoms with Crippen LogP contribution >= 0.6 is 0 Å². The van der Waals surface area contributed by atoms with E-state index < -0.39 is 40.1 Å². The standard InChI is InChI=1S/C27H35N3O4S.C26H35N3O3S.C25H30N4O3S.C24H31N3O3S/c1-2-21-3-5-25(6-4-21)30(20-23-11-15-34-16-12-23)35(31,32)26-7-8-27-24(17-26)18-28-29(27)19-22-9-13-33-14-10-22;1-19(2)17-29(24-7-5-22(6-8-24)20(3)4)33(30,31)25-9-10-26-23(15-25)16-27-28(26)18-21-11-13-32-14-12-21;1-6-20-7-9-22(10-8-20)29(15-17(2)3)33(30,31)23-11-12-25-21(13-23)14-26-28(25)16-24-18(4)27-32-19(24)5;1-3-13-27(22-7-5-19(4-2)6-8-22)31(28,29)23-9-10-24-21(16-23)17-25-26(24)18-20-11-14-30-15-12-20/h3-8,17-18,22-23H,2,9-16,19-20H2,1H3;5-10,15-16,19-21H,11-14,17-18H2,1-4H3;7-14,17H,6,15-16H2,1-5H3;5-10,16-17,20H,3-4,11-15,18H2,1-2H3. The van der Waals surface area contributed by atoms with Crippen LogP contribution < -0.4 is 17.2 Å². The van der Waals surface area contributed by atoms with Crippen molar-refractivity contribution < 1.29 is 57.1 Å². The first-order chi connectivity index (χ1) is 63.5. The molecule has 8 aromatic carbocycles. The van der Waals surface area contributed by atoms with Gasteiger partial charge < -0.3 is 23.5 Å². The third kappa shape index (κ3) is 23.5. The molecule has 26 nitrogen and oxygen atoms in total. The highest BCUT2D eigenvalue weighted by molar-refractivity contribution is 7.93. The van der Waals surface area contributed by atoms with E-state index in [2.05, 4.69) is 60.2 Å². The van der Waals surface area contributed by atoms with Gasteiger partial charge in [-0.3, -0.25) is 35.9 Å². The minimum Gasteiger partial charge on any atom is -0.381 e. The maximum atomic E-state index is 14.0. The Kier molecular flexibility index (Phi) is 32.7. The van der Waals surface area contributed by atoms with E-state index in [1.165, 1.54) is 35.2 Å². The van der Waals surface area contributed by atoms with Crippen LogP contribution in [0.5, 0.6) is 0 Å². The van der Waals surface area contributed by atoms with Gasteiger partial charge in [-0.2, -0.15) is 20.4 Å². The fourth-order valence-electron chi connectivity index (χ4n) is 17.5. The molecular formula is C102H131N13O13S4. The number of hydrogen-bond acceptors (Lipinski definition) is 18. The van der Waals surface area contributed by atoms with Crippen molar-refractivity contribution in [3.8, 4) is 0 Å². The minimum absolute atomic E-state index is 0.173. The number of benzene rings is 8. The molecule has 4 saturated heterocycles.